The predicted molar refractivity (Wildman–Crippen MR) is 83.4 cm³/mol. The Kier molecular flexibility index (Phi) is 4.80. The molecular formula is C14H18ClN5O. The highest BCUT2D eigenvalue weighted by atomic mass is 35.5. The zero-order valence-corrected chi connectivity index (χ0v) is 12.4. The Morgan fingerprint density at radius 3 is 3.00 bits per heavy atom. The van der Waals surface area contributed by atoms with Crippen molar-refractivity contribution < 1.29 is 4.79 Å². The molecule has 0 saturated carbocycles. The van der Waals surface area contributed by atoms with Gasteiger partial charge in [0.25, 0.3) is 0 Å². The van der Waals surface area contributed by atoms with Crippen LogP contribution in [0.5, 0.6) is 0 Å². The summed E-state index contributed by atoms with van der Waals surface area (Å²) in [7, 11) is 0. The molecule has 7 heteroatoms. The van der Waals surface area contributed by atoms with E-state index in [1.807, 2.05) is 23.1 Å². The van der Waals surface area contributed by atoms with Gasteiger partial charge in [0, 0.05) is 30.5 Å². The van der Waals surface area contributed by atoms with E-state index in [2.05, 4.69) is 10.3 Å². The Labute approximate surface area is 129 Å². The number of aromatic nitrogens is 3. The number of fused-ring (bicyclic) bond motifs is 1. The van der Waals surface area contributed by atoms with Crippen molar-refractivity contribution in [3.05, 3.63) is 36.2 Å². The second-order valence-electron chi connectivity index (χ2n) is 4.91. The lowest BCUT2D eigenvalue weighted by molar-refractivity contribution is -0.119. The monoisotopic (exact) mass is 307 g/mol. The highest BCUT2D eigenvalue weighted by Crippen LogP contribution is 2.31. The normalized spacial score (nSPS) is 13.4. The van der Waals surface area contributed by atoms with E-state index in [0.29, 0.717) is 13.0 Å². The number of carbonyl (C=O) groups is 1. The summed E-state index contributed by atoms with van der Waals surface area (Å²) >= 11 is 0. The molecular weight excluding hydrogens is 290 g/mol. The number of amides is 1. The van der Waals surface area contributed by atoms with Crippen molar-refractivity contribution in [2.24, 2.45) is 0 Å². The Balaban J connectivity index is 0.00000161. The molecule has 0 atom stereocenters. The molecule has 1 aromatic heterocycles. The molecule has 2 aromatic rings. The van der Waals surface area contributed by atoms with Gasteiger partial charge in [-0.3, -0.25) is 9.48 Å². The van der Waals surface area contributed by atoms with E-state index in [1.54, 1.807) is 17.1 Å². The lowest BCUT2D eigenvalue weighted by Gasteiger charge is -2.30. The number of rotatable bonds is 3. The Morgan fingerprint density at radius 1 is 1.38 bits per heavy atom. The highest BCUT2D eigenvalue weighted by Gasteiger charge is 2.23. The second-order valence-corrected chi connectivity index (χ2v) is 4.91. The van der Waals surface area contributed by atoms with Crippen LogP contribution in [0, 0.1) is 0 Å². The summed E-state index contributed by atoms with van der Waals surface area (Å²) in [5.41, 5.74) is 8.82. The number of nitrogens with two attached hydrogens (primary N) is 1. The van der Waals surface area contributed by atoms with Gasteiger partial charge >= 0.3 is 0 Å². The van der Waals surface area contributed by atoms with E-state index in [0.717, 1.165) is 36.3 Å². The van der Waals surface area contributed by atoms with E-state index >= 15 is 0 Å². The number of hydrogen-bond donors (Lipinski definition) is 1. The first kappa shape index (κ1) is 15.3. The average Bonchev–Trinajstić information content (AvgIpc) is 2.98. The predicted octanol–water partition coefficient (Wildman–Crippen LogP) is 1.65. The SMILES string of the molecule is Cl.Nc1cccc2c1CCCN2C(=O)CCn1ccnn1. The molecule has 1 amide bonds. The van der Waals surface area contributed by atoms with Crippen molar-refractivity contribution in [3.63, 3.8) is 0 Å². The van der Waals surface area contributed by atoms with Crippen molar-refractivity contribution in [3.8, 4) is 0 Å². The smallest absolute Gasteiger partial charge is 0.228 e. The van der Waals surface area contributed by atoms with Gasteiger partial charge in [-0.25, -0.2) is 0 Å². The number of nitrogens with zero attached hydrogens (tertiary/aromatic N) is 4. The third-order valence-electron chi connectivity index (χ3n) is 3.61. The van der Waals surface area contributed by atoms with Gasteiger partial charge in [0.15, 0.2) is 0 Å². The van der Waals surface area contributed by atoms with Crippen molar-refractivity contribution >= 4 is 29.7 Å². The van der Waals surface area contributed by atoms with Gasteiger partial charge in [0.1, 0.15) is 0 Å². The molecule has 1 aliphatic heterocycles. The van der Waals surface area contributed by atoms with E-state index in [4.69, 9.17) is 5.73 Å². The van der Waals surface area contributed by atoms with Crippen LogP contribution in [-0.4, -0.2) is 27.4 Å². The molecule has 3 rings (SSSR count). The first-order chi connectivity index (χ1) is 9.75. The molecule has 0 radical (unpaired) electrons. The molecule has 2 N–H and O–H groups in total. The molecule has 112 valence electrons. The van der Waals surface area contributed by atoms with Crippen LogP contribution in [0.2, 0.25) is 0 Å². The van der Waals surface area contributed by atoms with Gasteiger partial charge in [-0.1, -0.05) is 11.3 Å². The molecule has 0 bridgehead atoms. The third kappa shape index (κ3) is 3.16. The third-order valence-corrected chi connectivity index (χ3v) is 3.61. The number of hydrogen-bond acceptors (Lipinski definition) is 4. The van der Waals surface area contributed by atoms with E-state index in [1.165, 1.54) is 0 Å². The second kappa shape index (κ2) is 6.58. The summed E-state index contributed by atoms with van der Waals surface area (Å²) in [6.45, 7) is 1.31. The van der Waals surface area contributed by atoms with Gasteiger partial charge in [0.2, 0.25) is 5.91 Å². The van der Waals surface area contributed by atoms with Crippen LogP contribution in [-0.2, 0) is 17.8 Å². The van der Waals surface area contributed by atoms with Gasteiger partial charge in [0.05, 0.1) is 12.7 Å². The number of carbonyl (C=O) groups excluding carboxylic acids is 1. The molecule has 0 unspecified atom stereocenters. The minimum atomic E-state index is 0. The fourth-order valence-corrected chi connectivity index (χ4v) is 2.61. The minimum Gasteiger partial charge on any atom is -0.398 e. The van der Waals surface area contributed by atoms with Crippen LogP contribution < -0.4 is 10.6 Å². The quantitative estimate of drug-likeness (QED) is 0.875. The highest BCUT2D eigenvalue weighted by molar-refractivity contribution is 5.95. The summed E-state index contributed by atoms with van der Waals surface area (Å²) in [5.74, 6) is 0.104. The number of halogens is 1. The topological polar surface area (TPSA) is 77.0 Å². The lowest BCUT2D eigenvalue weighted by Crippen LogP contribution is -2.36. The molecule has 0 saturated heterocycles. The summed E-state index contributed by atoms with van der Waals surface area (Å²) in [6, 6.07) is 5.76. The number of aryl methyl sites for hydroxylation is 1. The van der Waals surface area contributed by atoms with E-state index < -0.39 is 0 Å². The van der Waals surface area contributed by atoms with Crippen molar-refractivity contribution in [1.29, 1.82) is 0 Å². The maximum atomic E-state index is 12.4. The fourth-order valence-electron chi connectivity index (χ4n) is 2.61. The zero-order chi connectivity index (χ0) is 13.9. The molecule has 6 nitrogen and oxygen atoms in total. The molecule has 1 aromatic carbocycles. The average molecular weight is 308 g/mol. The maximum Gasteiger partial charge on any atom is 0.228 e. The maximum absolute atomic E-state index is 12.4. The summed E-state index contributed by atoms with van der Waals surface area (Å²) in [4.78, 5) is 14.2. The summed E-state index contributed by atoms with van der Waals surface area (Å²) < 4.78 is 1.67. The van der Waals surface area contributed by atoms with Crippen LogP contribution in [0.25, 0.3) is 0 Å². The Hall–Kier alpha value is -2.08. The fraction of sp³-hybridized carbons (Fsp3) is 0.357. The van der Waals surface area contributed by atoms with Crippen LogP contribution in [0.3, 0.4) is 0 Å². The number of anilines is 2. The van der Waals surface area contributed by atoms with Gasteiger partial charge in [-0.15, -0.1) is 17.5 Å². The first-order valence-electron chi connectivity index (χ1n) is 6.77. The van der Waals surface area contributed by atoms with Crippen molar-refractivity contribution in [2.45, 2.75) is 25.8 Å². The first-order valence-corrected chi connectivity index (χ1v) is 6.77. The van der Waals surface area contributed by atoms with Crippen LogP contribution in [0.1, 0.15) is 18.4 Å². The van der Waals surface area contributed by atoms with E-state index in [9.17, 15) is 4.79 Å². The minimum absolute atomic E-state index is 0. The van der Waals surface area contributed by atoms with Crippen LogP contribution in [0.4, 0.5) is 11.4 Å². The molecule has 21 heavy (non-hydrogen) atoms. The lowest BCUT2D eigenvalue weighted by atomic mass is 9.99. The largest absolute Gasteiger partial charge is 0.398 e. The van der Waals surface area contributed by atoms with E-state index in [-0.39, 0.29) is 18.3 Å². The molecule has 1 aliphatic rings. The molecule has 0 fully saturated rings. The molecule has 0 aliphatic carbocycles. The Bertz CT molecular complexity index is 614. The van der Waals surface area contributed by atoms with Crippen LogP contribution in [0.15, 0.2) is 30.6 Å². The number of benzene rings is 1. The van der Waals surface area contributed by atoms with Gasteiger partial charge in [-0.05, 0) is 30.5 Å². The summed E-state index contributed by atoms with van der Waals surface area (Å²) in [6.07, 6.45) is 5.68. The number of nitrogen functional groups attached to an aromatic ring is 1. The molecule has 0 spiro atoms. The van der Waals surface area contributed by atoms with Gasteiger partial charge < -0.3 is 10.6 Å². The van der Waals surface area contributed by atoms with Crippen molar-refractivity contribution in [1.82, 2.24) is 15.0 Å². The zero-order valence-electron chi connectivity index (χ0n) is 11.6. The standard InChI is InChI=1S/C14H17N5O.ClH/c15-12-4-1-5-13-11(12)3-2-8-19(13)14(20)6-9-18-10-7-16-17-18;/h1,4-5,7,10H,2-3,6,8-9,15H2;1H. The summed E-state index contributed by atoms with van der Waals surface area (Å²) in [5, 5.41) is 7.60. The van der Waals surface area contributed by atoms with Crippen molar-refractivity contribution in [2.75, 3.05) is 17.2 Å². The molecule has 2 heterocycles. The van der Waals surface area contributed by atoms with Crippen LogP contribution >= 0.6 is 12.4 Å². The van der Waals surface area contributed by atoms with Gasteiger partial charge in [-0.2, -0.15) is 0 Å². The Morgan fingerprint density at radius 2 is 2.24 bits per heavy atom.